The summed E-state index contributed by atoms with van der Waals surface area (Å²) < 4.78 is 16.2. The first-order valence-corrected chi connectivity index (χ1v) is 12.3. The van der Waals surface area contributed by atoms with Gasteiger partial charge >= 0.3 is 0 Å². The summed E-state index contributed by atoms with van der Waals surface area (Å²) in [7, 11) is 0. The summed E-state index contributed by atoms with van der Waals surface area (Å²) in [6.07, 6.45) is 0. The summed E-state index contributed by atoms with van der Waals surface area (Å²) in [6.45, 7) is 12.7. The van der Waals surface area contributed by atoms with Crippen molar-refractivity contribution in [2.24, 2.45) is 0 Å². The second kappa shape index (κ2) is 9.13. The van der Waals surface area contributed by atoms with Gasteiger partial charge in [-0.05, 0) is 74.4 Å². The number of H-pyrrole nitrogens is 1. The molecule has 0 spiro atoms. The summed E-state index contributed by atoms with van der Waals surface area (Å²) in [6, 6.07) is 12.5. The molecule has 0 radical (unpaired) electrons. The number of hydrogen-bond acceptors (Lipinski definition) is 6. The van der Waals surface area contributed by atoms with E-state index in [0.29, 0.717) is 43.3 Å². The molecule has 1 fully saturated rings. The number of benzene rings is 2. The Bertz CT molecular complexity index is 1460. The average molecular weight is 490 g/mol. The van der Waals surface area contributed by atoms with E-state index in [-0.39, 0.29) is 16.9 Å². The van der Waals surface area contributed by atoms with Crippen LogP contribution in [-0.4, -0.2) is 56.3 Å². The van der Waals surface area contributed by atoms with Gasteiger partial charge in [0.1, 0.15) is 11.9 Å². The lowest BCUT2D eigenvalue weighted by Crippen LogP contribution is -2.49. The molecule has 1 unspecified atom stereocenters. The predicted octanol–water partition coefficient (Wildman–Crippen LogP) is 3.94. The number of aryl methyl sites for hydroxylation is 2. The molecule has 0 amide bonds. The van der Waals surface area contributed by atoms with Crippen LogP contribution in [0.25, 0.3) is 10.9 Å². The summed E-state index contributed by atoms with van der Waals surface area (Å²) in [5.41, 5.74) is 3.64. The molecular weight excluding hydrogens is 457 g/mol. The van der Waals surface area contributed by atoms with Crippen molar-refractivity contribution in [2.75, 3.05) is 31.1 Å². The third kappa shape index (κ3) is 4.28. The highest BCUT2D eigenvalue weighted by Crippen LogP contribution is 2.32. The molecular formula is C27H32FN7O. The van der Waals surface area contributed by atoms with Crippen LogP contribution in [0, 0.1) is 19.7 Å². The Morgan fingerprint density at radius 3 is 2.39 bits per heavy atom. The summed E-state index contributed by atoms with van der Waals surface area (Å²) in [5.74, 6) is 0.396. The van der Waals surface area contributed by atoms with Gasteiger partial charge in [0.2, 0.25) is 0 Å². The zero-order valence-corrected chi connectivity index (χ0v) is 21.4. The fourth-order valence-corrected chi connectivity index (χ4v) is 5.07. The minimum Gasteiger partial charge on any atom is -0.367 e. The molecule has 0 saturated carbocycles. The zero-order chi connectivity index (χ0) is 25.6. The molecule has 36 heavy (non-hydrogen) atoms. The number of pyridine rings is 1. The van der Waals surface area contributed by atoms with Crippen LogP contribution in [0.3, 0.4) is 0 Å². The minimum absolute atomic E-state index is 0.152. The van der Waals surface area contributed by atoms with E-state index >= 15 is 0 Å². The lowest BCUT2D eigenvalue weighted by Gasteiger charge is -2.40. The van der Waals surface area contributed by atoms with E-state index in [0.717, 1.165) is 22.0 Å². The fraction of sp³-hybridized carbons (Fsp3) is 0.407. The number of nitrogens with zero attached hydrogens (tertiary/aromatic N) is 6. The quantitative estimate of drug-likeness (QED) is 0.468. The number of hydrogen-bond donors (Lipinski definition) is 1. The van der Waals surface area contributed by atoms with Crippen molar-refractivity contribution in [1.29, 1.82) is 0 Å². The molecule has 1 aliphatic rings. The van der Waals surface area contributed by atoms with Gasteiger partial charge in [-0.25, -0.2) is 9.07 Å². The Balaban J connectivity index is 1.60. The van der Waals surface area contributed by atoms with Gasteiger partial charge in [-0.1, -0.05) is 24.3 Å². The Labute approximate surface area is 209 Å². The van der Waals surface area contributed by atoms with E-state index < -0.39 is 6.04 Å². The van der Waals surface area contributed by atoms with Gasteiger partial charge in [-0.2, -0.15) is 0 Å². The first-order chi connectivity index (χ1) is 17.1. The van der Waals surface area contributed by atoms with Gasteiger partial charge in [0.25, 0.3) is 5.56 Å². The molecule has 2 aromatic carbocycles. The fourth-order valence-electron chi connectivity index (χ4n) is 5.07. The van der Waals surface area contributed by atoms with Gasteiger partial charge in [0, 0.05) is 37.1 Å². The van der Waals surface area contributed by atoms with Gasteiger partial charge in [-0.3, -0.25) is 9.69 Å². The Morgan fingerprint density at radius 2 is 1.69 bits per heavy atom. The predicted molar refractivity (Wildman–Crippen MR) is 139 cm³/mol. The van der Waals surface area contributed by atoms with E-state index in [1.165, 1.54) is 6.07 Å². The molecule has 3 heterocycles. The largest absolute Gasteiger partial charge is 0.367 e. The number of fused-ring (bicyclic) bond motifs is 1. The number of rotatable bonds is 4. The van der Waals surface area contributed by atoms with Gasteiger partial charge < -0.3 is 9.88 Å². The van der Waals surface area contributed by atoms with E-state index in [4.69, 9.17) is 0 Å². The lowest BCUT2D eigenvalue weighted by molar-refractivity contribution is 0.190. The lowest BCUT2D eigenvalue weighted by atomic mass is 9.98. The Hall–Kier alpha value is -3.59. The molecule has 9 heteroatoms. The Morgan fingerprint density at radius 1 is 1.00 bits per heavy atom. The van der Waals surface area contributed by atoms with Crippen LogP contribution < -0.4 is 10.5 Å². The number of piperazine rings is 1. The molecule has 188 valence electrons. The number of para-hydroxylation sites is 1. The summed E-state index contributed by atoms with van der Waals surface area (Å²) in [4.78, 5) is 21.0. The number of nitrogens with one attached hydrogen (secondary N) is 1. The number of anilines is 1. The van der Waals surface area contributed by atoms with Crippen molar-refractivity contribution in [1.82, 2.24) is 30.1 Å². The highest BCUT2D eigenvalue weighted by atomic mass is 19.1. The SMILES string of the molecule is Cc1ccc(C)c2[nH]c(=O)c(C(c3nnnn3C(C)(C)C)N3CCN(c4ccccc4F)CC3)cc12. The van der Waals surface area contributed by atoms with Crippen molar-refractivity contribution < 1.29 is 4.39 Å². The topological polar surface area (TPSA) is 82.9 Å². The first-order valence-electron chi connectivity index (χ1n) is 12.3. The average Bonchev–Trinajstić information content (AvgIpc) is 3.34. The minimum atomic E-state index is -0.449. The normalized spacial score (nSPS) is 16.0. The number of tetrazole rings is 1. The van der Waals surface area contributed by atoms with Crippen LogP contribution in [-0.2, 0) is 5.54 Å². The third-order valence-electron chi connectivity index (χ3n) is 7.01. The maximum atomic E-state index is 14.4. The molecule has 0 aliphatic carbocycles. The monoisotopic (exact) mass is 489 g/mol. The van der Waals surface area contributed by atoms with Gasteiger partial charge in [0.05, 0.1) is 16.7 Å². The maximum absolute atomic E-state index is 14.4. The molecule has 2 aromatic heterocycles. The van der Waals surface area contributed by atoms with Gasteiger partial charge in [-0.15, -0.1) is 5.10 Å². The highest BCUT2D eigenvalue weighted by molar-refractivity contribution is 5.85. The second-order valence-corrected chi connectivity index (χ2v) is 10.5. The smallest absolute Gasteiger partial charge is 0.253 e. The second-order valence-electron chi connectivity index (χ2n) is 10.5. The zero-order valence-electron chi connectivity index (χ0n) is 21.4. The third-order valence-corrected chi connectivity index (χ3v) is 7.01. The maximum Gasteiger partial charge on any atom is 0.253 e. The van der Waals surface area contributed by atoms with Crippen molar-refractivity contribution in [3.05, 3.63) is 81.2 Å². The summed E-state index contributed by atoms with van der Waals surface area (Å²) >= 11 is 0. The summed E-state index contributed by atoms with van der Waals surface area (Å²) in [5, 5.41) is 13.7. The molecule has 0 bridgehead atoms. The first kappa shape index (κ1) is 24.1. The van der Waals surface area contributed by atoms with Crippen molar-refractivity contribution in [3.63, 3.8) is 0 Å². The van der Waals surface area contributed by atoms with E-state index in [1.54, 1.807) is 10.7 Å². The molecule has 1 N–H and O–H groups in total. The van der Waals surface area contributed by atoms with E-state index in [2.05, 4.69) is 31.5 Å². The molecule has 8 nitrogen and oxygen atoms in total. The number of aromatic nitrogens is 5. The molecule has 5 rings (SSSR count). The standard InChI is InChI=1S/C27H32FN7O/c1-17-10-11-18(2)23-19(17)16-20(26(36)29-23)24(25-30-31-32-35(25)27(3,4)5)34-14-12-33(13-15-34)22-9-7-6-8-21(22)28/h6-11,16,24H,12-15H2,1-5H3,(H,29,36). The molecule has 1 atom stereocenters. The van der Waals surface area contributed by atoms with Crippen LogP contribution in [0.15, 0.2) is 47.3 Å². The van der Waals surface area contributed by atoms with Crippen LogP contribution in [0.1, 0.15) is 49.3 Å². The van der Waals surface area contributed by atoms with Crippen molar-refractivity contribution in [2.45, 2.75) is 46.2 Å². The molecule has 4 aromatic rings. The van der Waals surface area contributed by atoms with Crippen LogP contribution in [0.4, 0.5) is 10.1 Å². The van der Waals surface area contributed by atoms with Crippen LogP contribution >= 0.6 is 0 Å². The number of aromatic amines is 1. The van der Waals surface area contributed by atoms with Crippen LogP contribution in [0.5, 0.6) is 0 Å². The molecule has 1 saturated heterocycles. The van der Waals surface area contributed by atoms with E-state index in [1.807, 2.05) is 63.8 Å². The van der Waals surface area contributed by atoms with E-state index in [9.17, 15) is 9.18 Å². The van der Waals surface area contributed by atoms with Crippen molar-refractivity contribution >= 4 is 16.6 Å². The van der Waals surface area contributed by atoms with Crippen LogP contribution in [0.2, 0.25) is 0 Å². The Kier molecular flexibility index (Phi) is 6.12. The molecule has 1 aliphatic heterocycles. The van der Waals surface area contributed by atoms with Crippen molar-refractivity contribution in [3.8, 4) is 0 Å². The number of halogens is 1. The van der Waals surface area contributed by atoms with Gasteiger partial charge in [0.15, 0.2) is 5.82 Å². The highest BCUT2D eigenvalue weighted by Gasteiger charge is 2.35.